The minimum atomic E-state index is -0.830. The molecule has 1 aliphatic heterocycles. The number of Topliss-reactive ketones (excluding diaryl/α,β-unsaturated/α-hetero) is 1. The van der Waals surface area contributed by atoms with Crippen LogP contribution < -0.4 is 4.90 Å². The van der Waals surface area contributed by atoms with Crippen molar-refractivity contribution in [1.29, 1.82) is 0 Å². The van der Waals surface area contributed by atoms with Gasteiger partial charge in [-0.05, 0) is 55.0 Å². The van der Waals surface area contributed by atoms with Gasteiger partial charge in [-0.15, -0.1) is 10.2 Å². The van der Waals surface area contributed by atoms with E-state index < -0.39 is 17.7 Å². The molecule has 1 atom stereocenters. The van der Waals surface area contributed by atoms with Crippen molar-refractivity contribution < 1.29 is 14.7 Å². The molecule has 1 aliphatic rings. The third-order valence-corrected chi connectivity index (χ3v) is 9.22. The van der Waals surface area contributed by atoms with Crippen LogP contribution >= 0.6 is 23.1 Å². The Morgan fingerprint density at radius 2 is 1.62 bits per heavy atom. The van der Waals surface area contributed by atoms with Crippen molar-refractivity contribution in [3.8, 4) is 0 Å². The standard InChI is InChI=1S/C32H31N3O3S2/c1-18(2)23-12-14-24(15-13-23)27-26(28(36)25-16-20(4)6-9-21(25)5)29(37)30(38)35(27)31-33-34-32(40-31)39-17-22-10-7-19(3)8-11-22/h6-16,18,27,36H,17H2,1-5H3. The molecule has 1 unspecified atom stereocenters. The van der Waals surface area contributed by atoms with Gasteiger partial charge < -0.3 is 5.11 Å². The molecule has 4 aromatic rings. The zero-order valence-corrected chi connectivity index (χ0v) is 24.8. The van der Waals surface area contributed by atoms with Crippen LogP contribution in [0.4, 0.5) is 5.13 Å². The predicted molar refractivity (Wildman–Crippen MR) is 162 cm³/mol. The maximum absolute atomic E-state index is 13.5. The molecule has 1 fully saturated rings. The number of hydrogen-bond acceptors (Lipinski definition) is 7. The molecule has 8 heteroatoms. The number of amides is 1. The normalized spacial score (nSPS) is 16.8. The number of carbonyl (C=O) groups excluding carboxylic acids is 2. The van der Waals surface area contributed by atoms with E-state index in [9.17, 15) is 14.7 Å². The highest BCUT2D eigenvalue weighted by Gasteiger charge is 2.48. The summed E-state index contributed by atoms with van der Waals surface area (Å²) in [6, 6.07) is 21.0. The fourth-order valence-corrected chi connectivity index (χ4v) is 6.56. The summed E-state index contributed by atoms with van der Waals surface area (Å²) in [5, 5.41) is 20.5. The molecule has 1 saturated heterocycles. The van der Waals surface area contributed by atoms with Crippen molar-refractivity contribution in [2.75, 3.05) is 4.90 Å². The molecule has 6 nitrogen and oxygen atoms in total. The fraction of sp³-hybridized carbons (Fsp3) is 0.250. The number of carbonyl (C=O) groups is 2. The van der Waals surface area contributed by atoms with Crippen LogP contribution in [0.1, 0.15) is 64.8 Å². The number of aromatic nitrogens is 2. The summed E-state index contributed by atoms with van der Waals surface area (Å²) >= 11 is 2.80. The number of rotatable bonds is 7. The van der Waals surface area contributed by atoms with Crippen molar-refractivity contribution in [3.05, 3.63) is 111 Å². The van der Waals surface area contributed by atoms with Gasteiger partial charge in [0.2, 0.25) is 5.13 Å². The third kappa shape index (κ3) is 5.46. The molecule has 1 amide bonds. The number of hydrogen-bond donors (Lipinski definition) is 1. The zero-order chi connectivity index (χ0) is 28.6. The Labute approximate surface area is 242 Å². The van der Waals surface area contributed by atoms with E-state index in [4.69, 9.17) is 0 Å². The molecule has 5 rings (SSSR count). The Balaban J connectivity index is 1.56. The lowest BCUT2D eigenvalue weighted by atomic mass is 9.92. The van der Waals surface area contributed by atoms with Crippen molar-refractivity contribution in [3.63, 3.8) is 0 Å². The van der Waals surface area contributed by atoms with Crippen molar-refractivity contribution >= 4 is 45.7 Å². The van der Waals surface area contributed by atoms with Crippen LogP contribution in [0.2, 0.25) is 0 Å². The van der Waals surface area contributed by atoms with E-state index in [1.54, 1.807) is 0 Å². The molecule has 1 aromatic heterocycles. The van der Waals surface area contributed by atoms with Gasteiger partial charge in [0.15, 0.2) is 4.34 Å². The Morgan fingerprint density at radius 3 is 2.30 bits per heavy atom. The second-order valence-electron chi connectivity index (χ2n) is 10.4. The second kappa shape index (κ2) is 11.4. The Hall–Kier alpha value is -3.75. The third-order valence-electron chi connectivity index (χ3n) is 7.10. The van der Waals surface area contributed by atoms with Gasteiger partial charge in [0.25, 0.3) is 5.78 Å². The maximum atomic E-state index is 13.5. The van der Waals surface area contributed by atoms with Crippen LogP contribution in [-0.4, -0.2) is 27.0 Å². The zero-order valence-electron chi connectivity index (χ0n) is 23.1. The molecule has 0 spiro atoms. The number of aryl methyl sites for hydroxylation is 3. The van der Waals surface area contributed by atoms with Gasteiger partial charge >= 0.3 is 5.91 Å². The van der Waals surface area contributed by atoms with Crippen LogP contribution in [0, 0.1) is 20.8 Å². The van der Waals surface area contributed by atoms with E-state index in [-0.39, 0.29) is 11.3 Å². The number of aliphatic hydroxyl groups is 1. The molecule has 0 radical (unpaired) electrons. The van der Waals surface area contributed by atoms with E-state index in [0.717, 1.165) is 27.8 Å². The second-order valence-corrected chi connectivity index (χ2v) is 12.6. The van der Waals surface area contributed by atoms with Crippen molar-refractivity contribution in [2.45, 2.75) is 56.7 Å². The minimum absolute atomic E-state index is 0.0556. The predicted octanol–water partition coefficient (Wildman–Crippen LogP) is 7.51. The number of aliphatic hydroxyl groups excluding tert-OH is 1. The first-order chi connectivity index (χ1) is 19.1. The first-order valence-electron chi connectivity index (χ1n) is 13.1. The molecule has 1 N–H and O–H groups in total. The summed E-state index contributed by atoms with van der Waals surface area (Å²) in [5.41, 5.74) is 6.57. The van der Waals surface area contributed by atoms with Crippen LogP contribution in [0.15, 0.2) is 76.6 Å². The van der Waals surface area contributed by atoms with Crippen molar-refractivity contribution in [2.24, 2.45) is 0 Å². The van der Waals surface area contributed by atoms with Gasteiger partial charge in [-0.1, -0.05) is 109 Å². The van der Waals surface area contributed by atoms with Gasteiger partial charge in [-0.3, -0.25) is 14.5 Å². The van der Waals surface area contributed by atoms with E-state index in [2.05, 4.69) is 55.2 Å². The highest BCUT2D eigenvalue weighted by Crippen LogP contribution is 2.44. The van der Waals surface area contributed by atoms with Gasteiger partial charge in [-0.2, -0.15) is 0 Å². The molecule has 2 heterocycles. The summed E-state index contributed by atoms with van der Waals surface area (Å²) in [4.78, 5) is 28.5. The lowest BCUT2D eigenvalue weighted by Gasteiger charge is -2.23. The quantitative estimate of drug-likeness (QED) is 0.0816. The Bertz CT molecular complexity index is 1610. The molecule has 0 saturated carbocycles. The van der Waals surface area contributed by atoms with E-state index in [0.29, 0.717) is 26.7 Å². The van der Waals surface area contributed by atoms with Gasteiger partial charge in [0, 0.05) is 11.3 Å². The van der Waals surface area contributed by atoms with Crippen LogP contribution in [0.25, 0.3) is 5.76 Å². The number of ketones is 1. The SMILES string of the molecule is Cc1ccc(CSc2nnc(N3C(=O)C(=O)C(=C(O)c4cc(C)ccc4C)C3c3ccc(C(C)C)cc3)s2)cc1. The number of thioether (sulfide) groups is 1. The first kappa shape index (κ1) is 27.8. The largest absolute Gasteiger partial charge is 0.507 e. The summed E-state index contributed by atoms with van der Waals surface area (Å²) in [5.74, 6) is -0.609. The highest BCUT2D eigenvalue weighted by molar-refractivity contribution is 8.00. The topological polar surface area (TPSA) is 83.4 Å². The Morgan fingerprint density at radius 1 is 0.950 bits per heavy atom. The maximum Gasteiger partial charge on any atom is 0.301 e. The Kier molecular flexibility index (Phi) is 7.92. The average molecular weight is 570 g/mol. The average Bonchev–Trinajstić information content (AvgIpc) is 3.51. The molecular formula is C32H31N3O3S2. The molecule has 0 bridgehead atoms. The lowest BCUT2D eigenvalue weighted by Crippen LogP contribution is -2.29. The summed E-state index contributed by atoms with van der Waals surface area (Å²) in [7, 11) is 0. The van der Waals surface area contributed by atoms with Gasteiger partial charge in [-0.25, -0.2) is 0 Å². The minimum Gasteiger partial charge on any atom is -0.507 e. The monoisotopic (exact) mass is 569 g/mol. The highest BCUT2D eigenvalue weighted by atomic mass is 32.2. The van der Waals surface area contributed by atoms with Gasteiger partial charge in [0.1, 0.15) is 5.76 Å². The molecule has 40 heavy (non-hydrogen) atoms. The molecule has 204 valence electrons. The number of anilines is 1. The first-order valence-corrected chi connectivity index (χ1v) is 14.9. The number of nitrogens with zero attached hydrogens (tertiary/aromatic N) is 3. The van der Waals surface area contributed by atoms with Crippen molar-refractivity contribution in [1.82, 2.24) is 10.2 Å². The van der Waals surface area contributed by atoms with E-state index in [1.165, 1.54) is 33.6 Å². The molecule has 3 aromatic carbocycles. The van der Waals surface area contributed by atoms with E-state index >= 15 is 0 Å². The summed E-state index contributed by atoms with van der Waals surface area (Å²) < 4.78 is 0.695. The molecule has 0 aliphatic carbocycles. The van der Waals surface area contributed by atoms with Crippen LogP contribution in [0.3, 0.4) is 0 Å². The summed E-state index contributed by atoms with van der Waals surface area (Å²) in [6.45, 7) is 10.1. The molecular weight excluding hydrogens is 539 g/mol. The van der Waals surface area contributed by atoms with E-state index in [1.807, 2.05) is 56.3 Å². The smallest absolute Gasteiger partial charge is 0.301 e. The van der Waals surface area contributed by atoms with Gasteiger partial charge in [0.05, 0.1) is 11.6 Å². The number of benzene rings is 3. The fourth-order valence-electron chi connectivity index (χ4n) is 4.73. The summed E-state index contributed by atoms with van der Waals surface area (Å²) in [6.07, 6.45) is 0. The lowest BCUT2D eigenvalue weighted by molar-refractivity contribution is -0.132. The van der Waals surface area contributed by atoms with Crippen LogP contribution in [-0.2, 0) is 15.3 Å². The van der Waals surface area contributed by atoms with Crippen LogP contribution in [0.5, 0.6) is 0 Å².